The van der Waals surface area contributed by atoms with Crippen molar-refractivity contribution in [2.24, 2.45) is 0 Å². The van der Waals surface area contributed by atoms with Gasteiger partial charge in [0.15, 0.2) is 0 Å². The van der Waals surface area contributed by atoms with Crippen molar-refractivity contribution in [3.63, 3.8) is 0 Å². The molecule has 2 aromatic heterocycles. The molecule has 8 aromatic rings. The first kappa shape index (κ1) is 38.8. The van der Waals surface area contributed by atoms with Gasteiger partial charge in [-0.05, 0) is 11.1 Å². The van der Waals surface area contributed by atoms with E-state index < -0.39 is 20.9 Å². The molecule has 4 heterocycles. The number of hydrogen-bond donors (Lipinski definition) is 0. The van der Waals surface area contributed by atoms with E-state index in [0.717, 1.165) is 62.2 Å². The number of nitrogens with zero attached hydrogens (tertiary/aromatic N) is 5. The number of rotatable bonds is 7. The van der Waals surface area contributed by atoms with Gasteiger partial charge in [-0.1, -0.05) is 84.9 Å². The van der Waals surface area contributed by atoms with Gasteiger partial charge in [-0.3, -0.25) is 0 Å². The van der Waals surface area contributed by atoms with Crippen LogP contribution in [-0.2, 0) is 26.5 Å². The van der Waals surface area contributed by atoms with Gasteiger partial charge in [0.05, 0.1) is 0 Å². The van der Waals surface area contributed by atoms with Crippen molar-refractivity contribution >= 4 is 68.1 Å². The minimum atomic E-state index is -0.710. The maximum absolute atomic E-state index is 6.54. The first-order valence-electron chi connectivity index (χ1n) is 19.3. The van der Waals surface area contributed by atoms with Crippen LogP contribution in [0.25, 0.3) is 22.3 Å². The van der Waals surface area contributed by atoms with Crippen LogP contribution >= 0.6 is 0 Å². The Balaban J connectivity index is 0.00000449. The molecule has 0 unspecified atom stereocenters. The van der Waals surface area contributed by atoms with E-state index >= 15 is 0 Å². The molecule has 0 spiro atoms. The zero-order valence-corrected chi connectivity index (χ0v) is 37.2. The Morgan fingerprint density at radius 3 is 1.93 bits per heavy atom. The first-order valence-corrected chi connectivity index (χ1v) is 21.6. The first-order chi connectivity index (χ1) is 28.4. The van der Waals surface area contributed by atoms with Crippen LogP contribution in [0.5, 0.6) is 11.6 Å². The van der Waals surface area contributed by atoms with Crippen LogP contribution in [0.3, 0.4) is 0 Å². The molecule has 0 atom stereocenters. The Labute approximate surface area is 370 Å². The molecule has 292 valence electrons. The molecular weight excluding hydrogens is 1020 g/mol. The van der Waals surface area contributed by atoms with Crippen molar-refractivity contribution in [1.29, 1.82) is 0 Å². The minimum Gasteiger partial charge on any atom is 0 e. The summed E-state index contributed by atoms with van der Waals surface area (Å²) in [6.07, 6.45) is 3.86. The Kier molecular flexibility index (Phi) is 10.6. The van der Waals surface area contributed by atoms with E-state index in [0.29, 0.717) is 11.6 Å². The summed E-state index contributed by atoms with van der Waals surface area (Å²) < 4.78 is 9.07. The second-order valence-electron chi connectivity index (χ2n) is 15.2. The number of para-hydroxylation sites is 4. The standard InChI is InChI=1S/C51H38N5OTe.Pt/c1-51(2,3)37-28-29-52-48(30-37)56-44-26-12-13-27-46(44)58-47-33-53-49(32-45(47)56)57-39-21-14-20-38(31-39)54-34-55(43-25-11-10-24-42(43)54)50-40(35-16-6-4-7-17-35)22-15-23-41(50)36-18-8-5-9-19-36;/h4-30,33-34H,1-3H3;/q-3;. The zero-order valence-electron chi connectivity index (χ0n) is 32.6. The maximum Gasteiger partial charge on any atom is 0 e. The fraction of sp³-hybridized carbons (Fsp3) is 0.0784. The van der Waals surface area contributed by atoms with Gasteiger partial charge in [-0.15, -0.1) is 0 Å². The second kappa shape index (κ2) is 16.2. The minimum absolute atomic E-state index is 0. The third kappa shape index (κ3) is 7.45. The summed E-state index contributed by atoms with van der Waals surface area (Å²) in [7, 11) is 0. The fourth-order valence-electron chi connectivity index (χ4n) is 7.60. The topological polar surface area (TPSA) is 44.7 Å². The van der Waals surface area contributed by atoms with Gasteiger partial charge in [0.1, 0.15) is 0 Å². The number of benzene rings is 6. The molecule has 8 heteroatoms. The molecule has 0 amide bonds. The molecule has 10 rings (SSSR count). The average Bonchev–Trinajstić information content (AvgIpc) is 3.65. The molecule has 0 bridgehead atoms. The van der Waals surface area contributed by atoms with Crippen LogP contribution < -0.4 is 26.7 Å². The number of anilines is 7. The van der Waals surface area contributed by atoms with Gasteiger partial charge in [-0.25, -0.2) is 0 Å². The number of aromatic nitrogens is 2. The SMILES string of the molecule is CC(C)(C)c1ccnc(N2c3[c-]c(Oc4[c-]c(N5[CH-]N(c6c(-c7ccccc7)cccc6-c6ccccc6)c6ccccc65)ccc4)ncc3[Te]c3ccccc32)c1.[Pt]. The van der Waals surface area contributed by atoms with Crippen LogP contribution in [0.1, 0.15) is 26.3 Å². The Bertz CT molecular complexity index is 2730. The van der Waals surface area contributed by atoms with E-state index in [2.05, 4.69) is 200 Å². The second-order valence-corrected chi connectivity index (χ2v) is 18.3. The van der Waals surface area contributed by atoms with E-state index in [1.165, 1.54) is 12.8 Å². The van der Waals surface area contributed by atoms with Gasteiger partial charge in [-0.2, -0.15) is 0 Å². The van der Waals surface area contributed by atoms with E-state index in [9.17, 15) is 0 Å². The van der Waals surface area contributed by atoms with E-state index in [1.807, 2.05) is 24.5 Å². The quantitative estimate of drug-likeness (QED) is 0.117. The molecule has 59 heavy (non-hydrogen) atoms. The summed E-state index contributed by atoms with van der Waals surface area (Å²) in [6, 6.07) is 62.3. The van der Waals surface area contributed by atoms with E-state index in [4.69, 9.17) is 14.7 Å². The van der Waals surface area contributed by atoms with Crippen molar-refractivity contribution in [1.82, 2.24) is 9.97 Å². The van der Waals surface area contributed by atoms with E-state index in [-0.39, 0.29) is 26.5 Å². The van der Waals surface area contributed by atoms with Crippen LogP contribution in [0.15, 0.2) is 170 Å². The third-order valence-electron chi connectivity index (χ3n) is 10.4. The summed E-state index contributed by atoms with van der Waals surface area (Å²) in [5, 5.41) is 0. The molecule has 6 aromatic carbocycles. The number of hydrogen-bond acceptors (Lipinski definition) is 6. The van der Waals surface area contributed by atoms with Gasteiger partial charge in [0, 0.05) is 32.2 Å². The van der Waals surface area contributed by atoms with Crippen molar-refractivity contribution in [3.05, 3.63) is 194 Å². The Hall–Kier alpha value is -5.70. The van der Waals surface area contributed by atoms with Crippen molar-refractivity contribution in [2.75, 3.05) is 14.7 Å². The maximum atomic E-state index is 6.54. The molecule has 0 fully saturated rings. The smallest absolute Gasteiger partial charge is 0 e. The monoisotopic (exact) mass is 1060 g/mol. The fourth-order valence-corrected chi connectivity index (χ4v) is 10.4. The molecule has 0 radical (unpaired) electrons. The van der Waals surface area contributed by atoms with Crippen molar-refractivity contribution in [3.8, 4) is 33.9 Å². The van der Waals surface area contributed by atoms with Crippen molar-refractivity contribution < 1.29 is 25.8 Å². The van der Waals surface area contributed by atoms with Crippen LogP contribution in [-0.4, -0.2) is 30.9 Å². The molecule has 2 aliphatic heterocycles. The van der Waals surface area contributed by atoms with Gasteiger partial charge < -0.3 is 0 Å². The van der Waals surface area contributed by atoms with E-state index in [1.54, 1.807) is 0 Å². The summed E-state index contributed by atoms with van der Waals surface area (Å²) in [4.78, 5) is 16.4. The van der Waals surface area contributed by atoms with Gasteiger partial charge in [0.25, 0.3) is 0 Å². The Morgan fingerprint density at radius 1 is 0.610 bits per heavy atom. The molecular formula is C51H38N5OPtTe-3. The Morgan fingerprint density at radius 2 is 1.24 bits per heavy atom. The zero-order chi connectivity index (χ0) is 39.2. The molecule has 0 saturated carbocycles. The van der Waals surface area contributed by atoms with Crippen LogP contribution in [0.2, 0.25) is 0 Å². The summed E-state index contributed by atoms with van der Waals surface area (Å²) in [6.45, 7) is 8.84. The number of pyridine rings is 2. The molecule has 6 nitrogen and oxygen atoms in total. The summed E-state index contributed by atoms with van der Waals surface area (Å²) >= 11 is -0.710. The number of ether oxygens (including phenoxy) is 1. The summed E-state index contributed by atoms with van der Waals surface area (Å²) in [5.74, 6) is 1.78. The van der Waals surface area contributed by atoms with Gasteiger partial charge >= 0.3 is 245 Å². The average molecular weight is 1060 g/mol. The number of fused-ring (bicyclic) bond motifs is 3. The summed E-state index contributed by atoms with van der Waals surface area (Å²) in [5.41, 5.74) is 11.9. The normalized spacial score (nSPS) is 13.0. The molecule has 0 aliphatic carbocycles. The van der Waals surface area contributed by atoms with Crippen molar-refractivity contribution in [2.45, 2.75) is 26.2 Å². The molecule has 0 N–H and O–H groups in total. The predicted molar refractivity (Wildman–Crippen MR) is 237 cm³/mol. The molecule has 0 saturated heterocycles. The third-order valence-corrected chi connectivity index (χ3v) is 13.5. The van der Waals surface area contributed by atoms with Crippen LogP contribution in [0.4, 0.5) is 39.9 Å². The van der Waals surface area contributed by atoms with Gasteiger partial charge in [0.2, 0.25) is 0 Å². The van der Waals surface area contributed by atoms with Crippen LogP contribution in [0, 0.1) is 18.8 Å². The predicted octanol–water partition coefficient (Wildman–Crippen LogP) is 11.3. The largest absolute Gasteiger partial charge is 0 e. The molecule has 2 aliphatic rings.